The minimum Gasteiger partial charge on any atom is -0.497 e. The summed E-state index contributed by atoms with van der Waals surface area (Å²) in [6, 6.07) is 13.5. The molecule has 6 nitrogen and oxygen atoms in total. The fraction of sp³-hybridized carbons (Fsp3) is 0.286. The van der Waals surface area contributed by atoms with Crippen molar-refractivity contribution in [3.05, 3.63) is 59.8 Å². The molecule has 2 aromatic carbocycles. The number of nitrogens with one attached hydrogen (secondary N) is 2. The molecule has 0 fully saturated rings. The van der Waals surface area contributed by atoms with Gasteiger partial charge in [-0.25, -0.2) is 0 Å². The van der Waals surface area contributed by atoms with Gasteiger partial charge < -0.3 is 24.5 Å². The first-order chi connectivity index (χ1) is 13.2. The molecule has 0 atom stereocenters. The van der Waals surface area contributed by atoms with E-state index in [9.17, 15) is 4.79 Å². The summed E-state index contributed by atoms with van der Waals surface area (Å²) in [5.41, 5.74) is 2.91. The molecule has 1 amide bonds. The molecular formula is C21H24N2O4. The zero-order valence-electron chi connectivity index (χ0n) is 15.6. The molecule has 142 valence electrons. The lowest BCUT2D eigenvalue weighted by Gasteiger charge is -2.09. The van der Waals surface area contributed by atoms with Crippen LogP contribution in [0.1, 0.15) is 11.1 Å². The maximum atomic E-state index is 12.4. The largest absolute Gasteiger partial charge is 0.497 e. The molecule has 0 saturated heterocycles. The van der Waals surface area contributed by atoms with Crippen LogP contribution in [-0.4, -0.2) is 38.3 Å². The van der Waals surface area contributed by atoms with Crippen molar-refractivity contribution in [2.24, 2.45) is 0 Å². The van der Waals surface area contributed by atoms with Crippen LogP contribution in [0.15, 0.2) is 48.7 Å². The molecule has 0 bridgehead atoms. The molecule has 0 radical (unpaired) electrons. The standard InChI is InChI=1S/C21H24N2O4/c1-25-8-9-27-18-5-3-4-15(10-18)13-23-21(24)11-16-14-22-20-7-6-17(26-2)12-19(16)20/h3-7,10,12,14,22H,8-9,11,13H2,1-2H3,(H,23,24). The molecule has 0 aliphatic rings. The van der Waals surface area contributed by atoms with E-state index in [-0.39, 0.29) is 5.91 Å². The molecule has 3 aromatic rings. The monoisotopic (exact) mass is 368 g/mol. The first-order valence-electron chi connectivity index (χ1n) is 8.81. The fourth-order valence-electron chi connectivity index (χ4n) is 2.85. The molecule has 0 unspecified atom stereocenters. The Morgan fingerprint density at radius 2 is 1.96 bits per heavy atom. The molecule has 6 heteroatoms. The molecule has 0 aliphatic heterocycles. The summed E-state index contributed by atoms with van der Waals surface area (Å²) in [4.78, 5) is 15.6. The van der Waals surface area contributed by atoms with Gasteiger partial charge in [-0.2, -0.15) is 0 Å². The second kappa shape index (κ2) is 9.09. The normalized spacial score (nSPS) is 10.7. The van der Waals surface area contributed by atoms with E-state index >= 15 is 0 Å². The van der Waals surface area contributed by atoms with E-state index in [1.54, 1.807) is 14.2 Å². The fourth-order valence-corrected chi connectivity index (χ4v) is 2.85. The Morgan fingerprint density at radius 3 is 2.78 bits per heavy atom. The Morgan fingerprint density at radius 1 is 1.07 bits per heavy atom. The van der Waals surface area contributed by atoms with E-state index in [0.29, 0.717) is 26.2 Å². The SMILES string of the molecule is COCCOc1cccc(CNC(=O)Cc2c[nH]c3ccc(OC)cc23)c1. The Labute approximate surface area is 158 Å². The van der Waals surface area contributed by atoms with Gasteiger partial charge in [-0.05, 0) is 41.5 Å². The summed E-state index contributed by atoms with van der Waals surface area (Å²) in [6.07, 6.45) is 2.17. The maximum absolute atomic E-state index is 12.4. The minimum atomic E-state index is -0.0376. The second-order valence-corrected chi connectivity index (χ2v) is 6.17. The number of H-pyrrole nitrogens is 1. The van der Waals surface area contributed by atoms with Crippen LogP contribution in [0.4, 0.5) is 0 Å². The van der Waals surface area contributed by atoms with Gasteiger partial charge in [0.2, 0.25) is 5.91 Å². The van der Waals surface area contributed by atoms with E-state index in [4.69, 9.17) is 14.2 Å². The number of carbonyl (C=O) groups excluding carboxylic acids is 1. The summed E-state index contributed by atoms with van der Waals surface area (Å²) in [7, 11) is 3.27. The lowest BCUT2D eigenvalue weighted by atomic mass is 10.1. The van der Waals surface area contributed by atoms with Gasteiger partial charge in [-0.15, -0.1) is 0 Å². The summed E-state index contributed by atoms with van der Waals surface area (Å²) >= 11 is 0. The van der Waals surface area contributed by atoms with Crippen LogP contribution in [0.2, 0.25) is 0 Å². The van der Waals surface area contributed by atoms with Crippen LogP contribution in [-0.2, 0) is 22.5 Å². The molecular weight excluding hydrogens is 344 g/mol. The molecule has 0 aliphatic carbocycles. The molecule has 1 heterocycles. The minimum absolute atomic E-state index is 0.0376. The van der Waals surface area contributed by atoms with Crippen LogP contribution < -0.4 is 14.8 Å². The van der Waals surface area contributed by atoms with Crippen LogP contribution in [0.25, 0.3) is 10.9 Å². The third-order valence-electron chi connectivity index (χ3n) is 4.27. The van der Waals surface area contributed by atoms with E-state index in [1.807, 2.05) is 48.7 Å². The van der Waals surface area contributed by atoms with Crippen molar-refractivity contribution in [1.29, 1.82) is 0 Å². The number of amides is 1. The van der Waals surface area contributed by atoms with Crippen molar-refractivity contribution >= 4 is 16.8 Å². The Hall–Kier alpha value is -2.99. The van der Waals surface area contributed by atoms with Gasteiger partial charge in [0.15, 0.2) is 0 Å². The number of aromatic nitrogens is 1. The van der Waals surface area contributed by atoms with Crippen molar-refractivity contribution in [1.82, 2.24) is 10.3 Å². The smallest absolute Gasteiger partial charge is 0.224 e. The molecule has 1 aromatic heterocycles. The predicted octanol–water partition coefficient (Wildman–Crippen LogP) is 3.06. The average Bonchev–Trinajstić information content (AvgIpc) is 3.09. The Kier molecular flexibility index (Phi) is 6.33. The third kappa shape index (κ3) is 5.01. The zero-order chi connectivity index (χ0) is 19.1. The highest BCUT2D eigenvalue weighted by Gasteiger charge is 2.10. The number of carbonyl (C=O) groups is 1. The number of rotatable bonds is 9. The molecule has 0 saturated carbocycles. The van der Waals surface area contributed by atoms with Crippen molar-refractivity contribution in [2.45, 2.75) is 13.0 Å². The number of fused-ring (bicyclic) bond motifs is 1. The number of ether oxygens (including phenoxy) is 3. The highest BCUT2D eigenvalue weighted by Crippen LogP contribution is 2.24. The summed E-state index contributed by atoms with van der Waals surface area (Å²) in [5.74, 6) is 1.50. The molecule has 0 spiro atoms. The number of benzene rings is 2. The van der Waals surface area contributed by atoms with Gasteiger partial charge in [-0.3, -0.25) is 4.79 Å². The topological polar surface area (TPSA) is 72.6 Å². The first kappa shape index (κ1) is 18.8. The van der Waals surface area contributed by atoms with E-state index in [0.717, 1.165) is 33.5 Å². The quantitative estimate of drug-likeness (QED) is 0.570. The number of hydrogen-bond donors (Lipinski definition) is 2. The van der Waals surface area contributed by atoms with Crippen molar-refractivity contribution < 1.29 is 19.0 Å². The number of hydrogen-bond acceptors (Lipinski definition) is 4. The van der Waals surface area contributed by atoms with Gasteiger partial charge in [0.25, 0.3) is 0 Å². The van der Waals surface area contributed by atoms with Gasteiger partial charge in [0.05, 0.1) is 20.1 Å². The maximum Gasteiger partial charge on any atom is 0.224 e. The molecule has 2 N–H and O–H groups in total. The van der Waals surface area contributed by atoms with Crippen molar-refractivity contribution in [3.63, 3.8) is 0 Å². The summed E-state index contributed by atoms with van der Waals surface area (Å²) in [6.45, 7) is 1.48. The lowest BCUT2D eigenvalue weighted by Crippen LogP contribution is -2.24. The van der Waals surface area contributed by atoms with Crippen LogP contribution >= 0.6 is 0 Å². The Balaban J connectivity index is 1.58. The average molecular weight is 368 g/mol. The highest BCUT2D eigenvalue weighted by molar-refractivity contribution is 5.89. The number of aromatic amines is 1. The van der Waals surface area contributed by atoms with Crippen LogP contribution in [0.5, 0.6) is 11.5 Å². The first-order valence-corrected chi connectivity index (χ1v) is 8.81. The van der Waals surface area contributed by atoms with Gasteiger partial charge in [0, 0.05) is 30.8 Å². The van der Waals surface area contributed by atoms with Gasteiger partial charge in [-0.1, -0.05) is 12.1 Å². The molecule has 27 heavy (non-hydrogen) atoms. The number of methoxy groups -OCH3 is 2. The molecule has 3 rings (SSSR count). The summed E-state index contributed by atoms with van der Waals surface area (Å²) < 4.78 is 15.8. The van der Waals surface area contributed by atoms with Crippen molar-refractivity contribution in [3.8, 4) is 11.5 Å². The highest BCUT2D eigenvalue weighted by atomic mass is 16.5. The lowest BCUT2D eigenvalue weighted by molar-refractivity contribution is -0.120. The van der Waals surface area contributed by atoms with Gasteiger partial charge in [0.1, 0.15) is 18.1 Å². The van der Waals surface area contributed by atoms with E-state index in [1.165, 1.54) is 0 Å². The van der Waals surface area contributed by atoms with Crippen molar-refractivity contribution in [2.75, 3.05) is 27.4 Å². The van der Waals surface area contributed by atoms with Gasteiger partial charge >= 0.3 is 0 Å². The Bertz CT molecular complexity index is 904. The van der Waals surface area contributed by atoms with E-state index in [2.05, 4.69) is 10.3 Å². The second-order valence-electron chi connectivity index (χ2n) is 6.17. The van der Waals surface area contributed by atoms with Crippen LogP contribution in [0.3, 0.4) is 0 Å². The predicted molar refractivity (Wildman–Crippen MR) is 104 cm³/mol. The summed E-state index contributed by atoms with van der Waals surface area (Å²) in [5, 5.41) is 3.96. The third-order valence-corrected chi connectivity index (χ3v) is 4.27. The van der Waals surface area contributed by atoms with Crippen LogP contribution in [0, 0.1) is 0 Å². The zero-order valence-corrected chi connectivity index (χ0v) is 15.6. The van der Waals surface area contributed by atoms with E-state index < -0.39 is 0 Å².